The molecule has 0 bridgehead atoms. The highest BCUT2D eigenvalue weighted by Crippen LogP contribution is 2.36. The predicted octanol–water partition coefficient (Wildman–Crippen LogP) is -12.0. The summed E-state index contributed by atoms with van der Waals surface area (Å²) in [7, 11) is -5.36. The van der Waals surface area contributed by atoms with Crippen LogP contribution in [0.3, 0.4) is 0 Å². The van der Waals surface area contributed by atoms with Crippen molar-refractivity contribution < 1.29 is 141 Å². The van der Waals surface area contributed by atoms with Crippen LogP contribution in [0, 0.1) is 0 Å². The Balaban J connectivity index is 1.36. The fourth-order valence-corrected chi connectivity index (χ4v) is 8.17. The lowest BCUT2D eigenvalue weighted by atomic mass is 9.94. The lowest BCUT2D eigenvalue weighted by Crippen LogP contribution is -2.70. The average molecular weight is 950 g/mol. The van der Waals surface area contributed by atoms with E-state index in [1.165, 1.54) is 0 Å². The standard InChI is InChI=1S/C32H55NO29S/c1-7(39)33-13-17(43)23(58-30-21(47)26(15(41)9(3-35)54-30)61-32-22(48)27(62-63(50,51)52)16(42)10(4-36)56-32)12(6-38)57-29(13)60-25-14(40)8(2-34)55-31(20(25)46)59-24-11(5-37)53-28(49)19(45)18(24)44/h8-32,34-38,40-49H,2-6H2,1H3,(H,33,39)(H,50,51,52)/t8-,9-,10-,11-,12-,13-,14+,15+,16-,17-,18-,19-,20-,21-,22-,23-,24-,25+,26+,27+,28-,29+,30+,31+,32+/m1/s1. The maximum absolute atomic E-state index is 12.4. The van der Waals surface area contributed by atoms with Gasteiger partial charge in [0.1, 0.15) is 122 Å². The van der Waals surface area contributed by atoms with E-state index in [2.05, 4.69) is 9.50 Å². The summed E-state index contributed by atoms with van der Waals surface area (Å²) in [6.45, 7) is -4.01. The van der Waals surface area contributed by atoms with Crippen LogP contribution in [0.4, 0.5) is 0 Å². The molecular formula is C32H55NO29S. The molecule has 25 atom stereocenters. The van der Waals surface area contributed by atoms with Gasteiger partial charge in [-0.3, -0.25) is 9.35 Å². The molecule has 0 aromatic carbocycles. The fourth-order valence-electron chi connectivity index (χ4n) is 7.67. The number of aliphatic hydroxyl groups excluding tert-OH is 15. The summed E-state index contributed by atoms with van der Waals surface area (Å²) in [6, 6.07) is -1.78. The Kier molecular flexibility index (Phi) is 18.3. The maximum Gasteiger partial charge on any atom is 0.397 e. The normalized spacial score (nSPS) is 48.7. The number of carbonyl (C=O) groups excluding carboxylic acids is 1. The summed E-state index contributed by atoms with van der Waals surface area (Å²) in [5.74, 6) is -0.860. The van der Waals surface area contributed by atoms with E-state index in [1.807, 2.05) is 0 Å². The average Bonchev–Trinajstić information content (AvgIpc) is 3.23. The van der Waals surface area contributed by atoms with Crippen molar-refractivity contribution in [3.8, 4) is 0 Å². The van der Waals surface area contributed by atoms with Gasteiger partial charge in [0, 0.05) is 6.92 Å². The van der Waals surface area contributed by atoms with E-state index >= 15 is 0 Å². The zero-order valence-corrected chi connectivity index (χ0v) is 33.7. The highest BCUT2D eigenvalue weighted by Gasteiger charge is 2.57. The summed E-state index contributed by atoms with van der Waals surface area (Å²) in [5, 5.41) is 160. The third-order valence-corrected chi connectivity index (χ3v) is 11.4. The minimum atomic E-state index is -5.36. The molecule has 5 rings (SSSR count). The van der Waals surface area contributed by atoms with E-state index in [0.717, 1.165) is 6.92 Å². The van der Waals surface area contributed by atoms with Gasteiger partial charge in [-0.1, -0.05) is 0 Å². The van der Waals surface area contributed by atoms with Gasteiger partial charge in [0.25, 0.3) is 0 Å². The predicted molar refractivity (Wildman–Crippen MR) is 189 cm³/mol. The third-order valence-electron chi connectivity index (χ3n) is 10.9. The number of hydrogen-bond donors (Lipinski definition) is 17. The summed E-state index contributed by atoms with van der Waals surface area (Å²) in [4.78, 5) is 12.4. The Labute approximate surface area is 356 Å². The van der Waals surface area contributed by atoms with E-state index in [9.17, 15) is 94.4 Å². The van der Waals surface area contributed by atoms with Crippen molar-refractivity contribution in [3.05, 3.63) is 0 Å². The van der Waals surface area contributed by atoms with Gasteiger partial charge in [-0.15, -0.1) is 0 Å². The second-order valence-electron chi connectivity index (χ2n) is 15.2. The number of amides is 1. The molecule has 63 heavy (non-hydrogen) atoms. The van der Waals surface area contributed by atoms with E-state index < -0.39 is 203 Å². The topological polar surface area (TPSA) is 479 Å². The van der Waals surface area contributed by atoms with Gasteiger partial charge < -0.3 is 125 Å². The molecular weight excluding hydrogens is 894 g/mol. The van der Waals surface area contributed by atoms with Crippen LogP contribution in [0.1, 0.15) is 6.92 Å². The Morgan fingerprint density at radius 2 is 0.810 bits per heavy atom. The minimum absolute atomic E-state index is 0.860. The molecule has 17 N–H and O–H groups in total. The smallest absolute Gasteiger partial charge is 0.394 e. The number of rotatable bonds is 16. The zero-order chi connectivity index (χ0) is 46.8. The molecule has 30 nitrogen and oxygen atoms in total. The van der Waals surface area contributed by atoms with E-state index in [0.29, 0.717) is 0 Å². The molecule has 5 heterocycles. The molecule has 5 aliphatic rings. The van der Waals surface area contributed by atoms with Gasteiger partial charge >= 0.3 is 10.4 Å². The van der Waals surface area contributed by atoms with Gasteiger partial charge in [-0.25, -0.2) is 4.18 Å². The lowest BCUT2D eigenvalue weighted by molar-refractivity contribution is -0.386. The number of aliphatic hydroxyl groups is 15. The van der Waals surface area contributed by atoms with Crippen LogP contribution in [0.5, 0.6) is 0 Å². The first-order valence-electron chi connectivity index (χ1n) is 19.3. The summed E-state index contributed by atoms with van der Waals surface area (Å²) >= 11 is 0. The quantitative estimate of drug-likeness (QED) is 0.0639. The Morgan fingerprint density at radius 3 is 1.22 bits per heavy atom. The number of carbonyl (C=O) groups is 1. The SMILES string of the molecule is CC(=O)N[C@H]1[C@H](O[C@H]2[C@@H](O)[C@@H](CO)O[C@@H](O[C@H]3[C@H](O)[C@@H](O)[C@H](O)O[C@@H]3CO)[C@@H]2O)O[C@H](CO)[C@@H](O[C@@H]2O[C@H](CO)[C@H](O)[C@H](O[C@@H]3O[C@H](CO)[C@@H](O)[C@H](OS(=O)(=O)O)[C@H]3O)[C@H]2O)[C@@H]1O. The first-order chi connectivity index (χ1) is 29.6. The van der Waals surface area contributed by atoms with Crippen LogP contribution in [-0.2, 0) is 62.0 Å². The Bertz CT molecular complexity index is 1570. The zero-order valence-electron chi connectivity index (χ0n) is 32.8. The molecule has 0 unspecified atom stereocenters. The first kappa shape index (κ1) is 52.4. The van der Waals surface area contributed by atoms with Gasteiger partial charge in [0.2, 0.25) is 5.91 Å². The summed E-state index contributed by atoms with van der Waals surface area (Å²) in [6.07, 6.45) is -47.1. The van der Waals surface area contributed by atoms with Gasteiger partial charge in [0.05, 0.1) is 33.0 Å². The monoisotopic (exact) mass is 949 g/mol. The van der Waals surface area contributed by atoms with Crippen LogP contribution in [0.25, 0.3) is 0 Å². The van der Waals surface area contributed by atoms with Crippen LogP contribution >= 0.6 is 0 Å². The van der Waals surface area contributed by atoms with E-state index in [4.69, 9.17) is 42.6 Å². The minimum Gasteiger partial charge on any atom is -0.394 e. The molecule has 0 radical (unpaired) electrons. The largest absolute Gasteiger partial charge is 0.397 e. The number of ether oxygens (including phenoxy) is 9. The van der Waals surface area contributed by atoms with Crippen LogP contribution in [0.2, 0.25) is 0 Å². The van der Waals surface area contributed by atoms with Crippen LogP contribution < -0.4 is 5.32 Å². The second-order valence-corrected chi connectivity index (χ2v) is 16.2. The van der Waals surface area contributed by atoms with Crippen molar-refractivity contribution in [1.82, 2.24) is 5.32 Å². The third kappa shape index (κ3) is 11.6. The molecule has 5 aliphatic heterocycles. The highest BCUT2D eigenvalue weighted by atomic mass is 32.3. The van der Waals surface area contributed by atoms with Crippen molar-refractivity contribution in [3.63, 3.8) is 0 Å². The molecule has 0 saturated carbocycles. The second kappa shape index (κ2) is 22.0. The van der Waals surface area contributed by atoms with Crippen molar-refractivity contribution >= 4 is 16.3 Å². The molecule has 1 amide bonds. The van der Waals surface area contributed by atoms with Crippen molar-refractivity contribution in [2.45, 2.75) is 160 Å². The Morgan fingerprint density at radius 1 is 0.460 bits per heavy atom. The molecule has 0 spiro atoms. The fraction of sp³-hybridized carbons (Fsp3) is 0.969. The van der Waals surface area contributed by atoms with Crippen LogP contribution in [-0.4, -0.2) is 282 Å². The molecule has 5 saturated heterocycles. The van der Waals surface area contributed by atoms with E-state index in [1.54, 1.807) is 0 Å². The molecule has 0 aromatic heterocycles. The van der Waals surface area contributed by atoms with Crippen molar-refractivity contribution in [1.29, 1.82) is 0 Å². The summed E-state index contributed by atoms with van der Waals surface area (Å²) in [5.41, 5.74) is 0. The van der Waals surface area contributed by atoms with Gasteiger partial charge in [0.15, 0.2) is 31.5 Å². The van der Waals surface area contributed by atoms with Crippen LogP contribution in [0.15, 0.2) is 0 Å². The number of hydrogen-bond acceptors (Lipinski definition) is 28. The maximum atomic E-state index is 12.4. The van der Waals surface area contributed by atoms with Crippen molar-refractivity contribution in [2.75, 3.05) is 33.0 Å². The summed E-state index contributed by atoms with van der Waals surface area (Å²) < 4.78 is 86.3. The molecule has 0 aliphatic carbocycles. The molecule has 368 valence electrons. The lowest BCUT2D eigenvalue weighted by Gasteiger charge is -2.50. The molecule has 31 heteroatoms. The first-order valence-corrected chi connectivity index (χ1v) is 20.6. The van der Waals surface area contributed by atoms with Crippen molar-refractivity contribution in [2.24, 2.45) is 0 Å². The highest BCUT2D eigenvalue weighted by molar-refractivity contribution is 7.80. The van der Waals surface area contributed by atoms with Gasteiger partial charge in [-0.05, 0) is 0 Å². The Hall–Kier alpha value is -1.62. The van der Waals surface area contributed by atoms with Gasteiger partial charge in [-0.2, -0.15) is 8.42 Å². The molecule has 5 fully saturated rings. The molecule has 0 aromatic rings. The number of nitrogens with one attached hydrogen (secondary N) is 1. The van der Waals surface area contributed by atoms with E-state index in [-0.39, 0.29) is 0 Å².